The van der Waals surface area contributed by atoms with Crippen LogP contribution >= 0.6 is 0 Å². The maximum absolute atomic E-state index is 10.7. The summed E-state index contributed by atoms with van der Waals surface area (Å²) in [6, 6.07) is 0. The van der Waals surface area contributed by atoms with E-state index in [0.29, 0.717) is 17.1 Å². The lowest BCUT2D eigenvalue weighted by molar-refractivity contribution is -0.142. The second kappa shape index (κ2) is 6.19. The molecule has 0 unspecified atom stereocenters. The van der Waals surface area contributed by atoms with Gasteiger partial charge in [-0.05, 0) is 6.92 Å². The van der Waals surface area contributed by atoms with Crippen LogP contribution in [0.15, 0.2) is 0 Å². The molecule has 1 aromatic heterocycles. The average Bonchev–Trinajstić information content (AvgIpc) is 2.51. The summed E-state index contributed by atoms with van der Waals surface area (Å²) in [5.41, 5.74) is 1.37. The number of carboxylic acids is 2. The topological polar surface area (TPSA) is 105 Å². The molecule has 0 atom stereocenters. The molecule has 0 aliphatic carbocycles. The molecule has 8 nitrogen and oxygen atoms in total. The lowest BCUT2D eigenvalue weighted by Gasteiger charge is -2.18. The number of rotatable bonds is 7. The molecule has 0 bridgehead atoms. The van der Waals surface area contributed by atoms with E-state index in [0.717, 1.165) is 0 Å². The number of carboxylic acid groups (broad SMARTS) is 2. The maximum atomic E-state index is 10.7. The van der Waals surface area contributed by atoms with Gasteiger partial charge in [0.1, 0.15) is 0 Å². The Bertz CT molecular complexity index is 467. The Hall–Kier alpha value is -2.09. The van der Waals surface area contributed by atoms with Gasteiger partial charge in [0, 0.05) is 13.6 Å². The number of ether oxygens (including phenoxy) is 1. The normalized spacial score (nSPS) is 10.7. The van der Waals surface area contributed by atoms with Gasteiger partial charge in [0.05, 0.1) is 31.5 Å². The average molecular weight is 271 g/mol. The van der Waals surface area contributed by atoms with E-state index in [1.165, 1.54) is 16.7 Å². The van der Waals surface area contributed by atoms with E-state index < -0.39 is 11.9 Å². The van der Waals surface area contributed by atoms with Gasteiger partial charge in [0.25, 0.3) is 0 Å². The Morgan fingerprint density at radius 3 is 2.26 bits per heavy atom. The van der Waals surface area contributed by atoms with Crippen molar-refractivity contribution in [1.29, 1.82) is 0 Å². The predicted molar refractivity (Wildman–Crippen MR) is 65.0 cm³/mol. The van der Waals surface area contributed by atoms with Crippen LogP contribution in [-0.4, -0.2) is 57.0 Å². The maximum Gasteiger partial charge on any atom is 0.317 e. The van der Waals surface area contributed by atoms with Crippen molar-refractivity contribution in [1.82, 2.24) is 14.7 Å². The fourth-order valence-electron chi connectivity index (χ4n) is 1.89. The first-order valence-electron chi connectivity index (χ1n) is 5.57. The van der Waals surface area contributed by atoms with Crippen LogP contribution in [-0.2, 0) is 23.2 Å². The number of aliphatic carboxylic acids is 2. The molecule has 0 spiro atoms. The van der Waals surface area contributed by atoms with Crippen LogP contribution in [0.4, 0.5) is 0 Å². The highest BCUT2D eigenvalue weighted by atomic mass is 16.5. The SMILES string of the molecule is COc1c(CN(CC(=O)O)CC(=O)O)c(C)nn1C. The van der Waals surface area contributed by atoms with Gasteiger partial charge in [-0.1, -0.05) is 0 Å². The monoisotopic (exact) mass is 271 g/mol. The zero-order valence-electron chi connectivity index (χ0n) is 11.1. The summed E-state index contributed by atoms with van der Waals surface area (Å²) in [6.45, 7) is 1.20. The molecular weight excluding hydrogens is 254 g/mol. The van der Waals surface area contributed by atoms with E-state index in [2.05, 4.69) is 5.10 Å². The van der Waals surface area contributed by atoms with Crippen molar-refractivity contribution in [3.8, 4) is 5.88 Å². The highest BCUT2D eigenvalue weighted by Crippen LogP contribution is 2.22. The quantitative estimate of drug-likeness (QED) is 0.702. The van der Waals surface area contributed by atoms with Crippen LogP contribution < -0.4 is 4.74 Å². The van der Waals surface area contributed by atoms with Gasteiger partial charge >= 0.3 is 11.9 Å². The van der Waals surface area contributed by atoms with E-state index in [-0.39, 0.29) is 19.6 Å². The first-order valence-corrected chi connectivity index (χ1v) is 5.57. The minimum atomic E-state index is -1.08. The number of hydrogen-bond acceptors (Lipinski definition) is 5. The Morgan fingerprint density at radius 2 is 1.84 bits per heavy atom. The molecule has 8 heteroatoms. The van der Waals surface area contributed by atoms with Crippen LogP contribution in [0.3, 0.4) is 0 Å². The largest absolute Gasteiger partial charge is 0.481 e. The summed E-state index contributed by atoms with van der Waals surface area (Å²) in [7, 11) is 3.19. The van der Waals surface area contributed by atoms with Crippen LogP contribution in [0, 0.1) is 6.92 Å². The van der Waals surface area contributed by atoms with Gasteiger partial charge in [-0.15, -0.1) is 0 Å². The van der Waals surface area contributed by atoms with Crippen LogP contribution in [0.2, 0.25) is 0 Å². The third kappa shape index (κ3) is 3.95. The van der Waals surface area contributed by atoms with Gasteiger partial charge < -0.3 is 14.9 Å². The van der Waals surface area contributed by atoms with Crippen molar-refractivity contribution in [3.63, 3.8) is 0 Å². The van der Waals surface area contributed by atoms with E-state index in [1.54, 1.807) is 14.0 Å². The van der Waals surface area contributed by atoms with Crippen molar-refractivity contribution in [3.05, 3.63) is 11.3 Å². The summed E-state index contributed by atoms with van der Waals surface area (Å²) in [5.74, 6) is -1.67. The Kier molecular flexibility index (Phi) is 4.87. The molecule has 2 N–H and O–H groups in total. The molecule has 0 amide bonds. The summed E-state index contributed by atoms with van der Waals surface area (Å²) < 4.78 is 6.72. The number of aromatic nitrogens is 2. The molecule has 0 fully saturated rings. The third-order valence-electron chi connectivity index (χ3n) is 2.58. The number of nitrogens with zero attached hydrogens (tertiary/aromatic N) is 3. The summed E-state index contributed by atoms with van der Waals surface area (Å²) in [6.07, 6.45) is 0. The fourth-order valence-corrected chi connectivity index (χ4v) is 1.89. The zero-order chi connectivity index (χ0) is 14.6. The zero-order valence-corrected chi connectivity index (χ0v) is 11.1. The summed E-state index contributed by atoms with van der Waals surface area (Å²) >= 11 is 0. The molecule has 0 aromatic carbocycles. The molecule has 0 saturated carbocycles. The molecule has 1 aromatic rings. The fraction of sp³-hybridized carbons (Fsp3) is 0.545. The van der Waals surface area contributed by atoms with E-state index in [9.17, 15) is 9.59 Å². The first kappa shape index (κ1) is 15.0. The highest BCUT2D eigenvalue weighted by Gasteiger charge is 2.20. The lowest BCUT2D eigenvalue weighted by atomic mass is 10.2. The van der Waals surface area contributed by atoms with Crippen LogP contribution in [0.25, 0.3) is 0 Å². The number of methoxy groups -OCH3 is 1. The Morgan fingerprint density at radius 1 is 1.32 bits per heavy atom. The van der Waals surface area contributed by atoms with Crippen LogP contribution in [0.1, 0.15) is 11.3 Å². The summed E-state index contributed by atoms with van der Waals surface area (Å²) in [5, 5.41) is 21.7. The van der Waals surface area contributed by atoms with Crippen molar-refractivity contribution >= 4 is 11.9 Å². The smallest absolute Gasteiger partial charge is 0.317 e. The van der Waals surface area contributed by atoms with Crippen molar-refractivity contribution < 1.29 is 24.5 Å². The third-order valence-corrected chi connectivity index (χ3v) is 2.58. The molecule has 0 aliphatic heterocycles. The summed E-state index contributed by atoms with van der Waals surface area (Å²) in [4.78, 5) is 22.8. The molecule has 0 radical (unpaired) electrons. The number of aryl methyl sites for hydroxylation is 2. The number of carbonyl (C=O) groups is 2. The molecule has 106 valence electrons. The van der Waals surface area contributed by atoms with Gasteiger partial charge in [0.2, 0.25) is 5.88 Å². The molecule has 0 aliphatic rings. The Balaban J connectivity index is 2.95. The number of hydrogen-bond donors (Lipinski definition) is 2. The van der Waals surface area contributed by atoms with E-state index >= 15 is 0 Å². The molecule has 0 saturated heterocycles. The lowest BCUT2D eigenvalue weighted by Crippen LogP contribution is -2.34. The van der Waals surface area contributed by atoms with E-state index in [1.807, 2.05) is 0 Å². The molecular formula is C11H17N3O5. The predicted octanol–water partition coefficient (Wildman–Crippen LogP) is -0.292. The van der Waals surface area contributed by atoms with Gasteiger partial charge in [-0.2, -0.15) is 5.10 Å². The standard InChI is InChI=1S/C11H17N3O5/c1-7-8(11(19-3)13(2)12-7)4-14(5-9(15)16)6-10(17)18/h4-6H2,1-3H3,(H,15,16)(H,17,18). The first-order chi connectivity index (χ1) is 8.85. The van der Waals surface area contributed by atoms with Crippen molar-refractivity contribution in [2.45, 2.75) is 13.5 Å². The van der Waals surface area contributed by atoms with Gasteiger partial charge in [-0.3, -0.25) is 14.5 Å². The second-order valence-electron chi connectivity index (χ2n) is 4.13. The van der Waals surface area contributed by atoms with Crippen molar-refractivity contribution in [2.24, 2.45) is 7.05 Å². The molecule has 1 heterocycles. The van der Waals surface area contributed by atoms with Gasteiger partial charge in [-0.25, -0.2) is 4.68 Å². The molecule has 19 heavy (non-hydrogen) atoms. The van der Waals surface area contributed by atoms with Gasteiger partial charge in [0.15, 0.2) is 0 Å². The highest BCUT2D eigenvalue weighted by molar-refractivity contribution is 5.72. The second-order valence-corrected chi connectivity index (χ2v) is 4.13. The Labute approximate surface area is 110 Å². The van der Waals surface area contributed by atoms with Crippen molar-refractivity contribution in [2.75, 3.05) is 20.2 Å². The van der Waals surface area contributed by atoms with Crippen LogP contribution in [0.5, 0.6) is 5.88 Å². The minimum absolute atomic E-state index is 0.154. The molecule has 1 rings (SSSR count). The van der Waals surface area contributed by atoms with E-state index in [4.69, 9.17) is 14.9 Å². The minimum Gasteiger partial charge on any atom is -0.481 e.